The van der Waals surface area contributed by atoms with Gasteiger partial charge in [-0.05, 0) is 49.2 Å². The van der Waals surface area contributed by atoms with Gasteiger partial charge in [0.15, 0.2) is 17.6 Å². The maximum absolute atomic E-state index is 14.1. The second kappa shape index (κ2) is 9.55. The Morgan fingerprint density at radius 2 is 1.80 bits per heavy atom. The number of quaternary nitrogens is 1. The molecular formula is C25H28FN2O2+. The summed E-state index contributed by atoms with van der Waals surface area (Å²) >= 11 is 0. The summed E-state index contributed by atoms with van der Waals surface area (Å²) in [5.41, 5.74) is 4.61. The van der Waals surface area contributed by atoms with Gasteiger partial charge in [-0.15, -0.1) is 0 Å². The molecule has 30 heavy (non-hydrogen) atoms. The minimum absolute atomic E-state index is 0.0959. The highest BCUT2D eigenvalue weighted by molar-refractivity contribution is 5.95. The molecule has 0 fully saturated rings. The van der Waals surface area contributed by atoms with Gasteiger partial charge in [0.1, 0.15) is 6.54 Å². The Hall–Kier alpha value is -3.18. The molecule has 2 N–H and O–H groups in total. The van der Waals surface area contributed by atoms with Crippen LogP contribution >= 0.6 is 0 Å². The zero-order chi connectivity index (χ0) is 21.7. The number of hydrogen-bond acceptors (Lipinski definition) is 2. The van der Waals surface area contributed by atoms with Gasteiger partial charge in [-0.2, -0.15) is 0 Å². The van der Waals surface area contributed by atoms with E-state index in [0.29, 0.717) is 6.54 Å². The minimum atomic E-state index is -0.448. The van der Waals surface area contributed by atoms with Gasteiger partial charge < -0.3 is 15.0 Å². The van der Waals surface area contributed by atoms with Gasteiger partial charge >= 0.3 is 0 Å². The van der Waals surface area contributed by atoms with Crippen LogP contribution in [-0.4, -0.2) is 20.1 Å². The molecule has 0 aromatic heterocycles. The number of ether oxygens (including phenoxy) is 1. The molecule has 0 radical (unpaired) electrons. The first-order valence-corrected chi connectivity index (χ1v) is 9.97. The number of methoxy groups -OCH3 is 1. The topological polar surface area (TPSA) is 42.8 Å². The number of amides is 1. The first kappa shape index (κ1) is 21.5. The normalized spacial score (nSPS) is 12.8. The van der Waals surface area contributed by atoms with Gasteiger partial charge in [-0.1, -0.05) is 42.5 Å². The van der Waals surface area contributed by atoms with Crippen molar-refractivity contribution in [2.75, 3.05) is 19.5 Å². The van der Waals surface area contributed by atoms with Gasteiger partial charge in [0.25, 0.3) is 5.91 Å². The van der Waals surface area contributed by atoms with Gasteiger partial charge in [0.2, 0.25) is 0 Å². The number of aryl methyl sites for hydroxylation is 2. The van der Waals surface area contributed by atoms with E-state index in [0.717, 1.165) is 32.8 Å². The Morgan fingerprint density at radius 1 is 1.07 bits per heavy atom. The molecule has 5 heteroatoms. The van der Waals surface area contributed by atoms with Gasteiger partial charge in [-0.25, -0.2) is 4.39 Å². The average Bonchev–Trinajstić information content (AvgIpc) is 2.72. The third-order valence-corrected chi connectivity index (χ3v) is 5.24. The van der Waals surface area contributed by atoms with Crippen molar-refractivity contribution in [3.05, 3.63) is 94.8 Å². The fourth-order valence-corrected chi connectivity index (χ4v) is 3.62. The molecule has 0 aliphatic heterocycles. The second-order valence-corrected chi connectivity index (χ2v) is 7.64. The Labute approximate surface area is 177 Å². The Balaban J connectivity index is 1.87. The SMILES string of the molecule is COc1ccc(C[NH+](C)[C@H](C(=O)Nc2cc(C)ccc2C)c2ccccc2)cc1F. The highest BCUT2D eigenvalue weighted by Crippen LogP contribution is 2.20. The summed E-state index contributed by atoms with van der Waals surface area (Å²) in [6.07, 6.45) is 0. The molecule has 0 spiro atoms. The van der Waals surface area contributed by atoms with Crippen LogP contribution in [-0.2, 0) is 11.3 Å². The zero-order valence-corrected chi connectivity index (χ0v) is 17.8. The highest BCUT2D eigenvalue weighted by atomic mass is 19.1. The van der Waals surface area contributed by atoms with Crippen molar-refractivity contribution in [3.63, 3.8) is 0 Å². The van der Waals surface area contributed by atoms with Crippen molar-refractivity contribution in [2.24, 2.45) is 0 Å². The number of hydrogen-bond donors (Lipinski definition) is 2. The molecule has 3 rings (SSSR count). The molecule has 2 atom stereocenters. The third-order valence-electron chi connectivity index (χ3n) is 5.24. The van der Waals surface area contributed by atoms with E-state index in [9.17, 15) is 9.18 Å². The van der Waals surface area contributed by atoms with E-state index in [-0.39, 0.29) is 11.7 Å². The van der Waals surface area contributed by atoms with Crippen LogP contribution in [0.15, 0.2) is 66.7 Å². The third kappa shape index (κ3) is 5.05. The molecule has 0 bridgehead atoms. The Kier molecular flexibility index (Phi) is 6.85. The number of likely N-dealkylation sites (N-methyl/N-ethyl adjacent to an activating group) is 1. The lowest BCUT2D eigenvalue weighted by Crippen LogP contribution is -3.09. The molecule has 0 saturated carbocycles. The van der Waals surface area contributed by atoms with E-state index in [2.05, 4.69) is 5.32 Å². The van der Waals surface area contributed by atoms with E-state index in [1.54, 1.807) is 6.07 Å². The lowest BCUT2D eigenvalue weighted by molar-refractivity contribution is -0.915. The summed E-state index contributed by atoms with van der Waals surface area (Å²) in [5, 5.41) is 3.09. The number of rotatable bonds is 7. The maximum atomic E-state index is 14.1. The Morgan fingerprint density at radius 3 is 2.47 bits per heavy atom. The summed E-state index contributed by atoms with van der Waals surface area (Å²) in [4.78, 5) is 14.3. The van der Waals surface area contributed by atoms with E-state index < -0.39 is 11.9 Å². The highest BCUT2D eigenvalue weighted by Gasteiger charge is 2.29. The van der Waals surface area contributed by atoms with Crippen molar-refractivity contribution < 1.29 is 18.8 Å². The summed E-state index contributed by atoms with van der Waals surface area (Å²) in [5.74, 6) is -0.288. The Bertz CT molecular complexity index is 1020. The predicted molar refractivity (Wildman–Crippen MR) is 117 cm³/mol. The standard InChI is InChI=1S/C25H27FN2O2/c1-17-10-11-18(2)22(14-17)27-25(29)24(20-8-6-5-7-9-20)28(3)16-19-12-13-23(30-4)21(26)15-19/h5-15,24H,16H2,1-4H3,(H,27,29)/p+1/t24-/m0/s1. The fraction of sp³-hybridized carbons (Fsp3) is 0.240. The van der Waals surface area contributed by atoms with Crippen molar-refractivity contribution in [3.8, 4) is 5.75 Å². The summed E-state index contributed by atoms with van der Waals surface area (Å²) < 4.78 is 19.1. The van der Waals surface area contributed by atoms with E-state index in [4.69, 9.17) is 4.74 Å². The lowest BCUT2D eigenvalue weighted by atomic mass is 10.0. The molecule has 156 valence electrons. The average molecular weight is 408 g/mol. The molecule has 3 aromatic rings. The number of halogens is 1. The fourth-order valence-electron chi connectivity index (χ4n) is 3.62. The van der Waals surface area contributed by atoms with Crippen LogP contribution in [0.5, 0.6) is 5.75 Å². The molecule has 0 aliphatic carbocycles. The van der Waals surface area contributed by atoms with Crippen molar-refractivity contribution in [1.82, 2.24) is 0 Å². The number of benzene rings is 3. The van der Waals surface area contributed by atoms with Gasteiger partial charge in [0, 0.05) is 16.8 Å². The molecule has 0 saturated heterocycles. The molecule has 1 unspecified atom stereocenters. The van der Waals surface area contributed by atoms with Crippen molar-refractivity contribution in [2.45, 2.75) is 26.4 Å². The summed E-state index contributed by atoms with van der Waals surface area (Å²) in [6, 6.07) is 20.1. The van der Waals surface area contributed by atoms with Crippen LogP contribution in [0.3, 0.4) is 0 Å². The van der Waals surface area contributed by atoms with Crippen LogP contribution in [0.25, 0.3) is 0 Å². The lowest BCUT2D eigenvalue weighted by Gasteiger charge is -2.25. The first-order valence-electron chi connectivity index (χ1n) is 9.97. The van der Waals surface area contributed by atoms with E-state index >= 15 is 0 Å². The zero-order valence-electron chi connectivity index (χ0n) is 17.8. The number of carbonyl (C=O) groups is 1. The molecule has 0 heterocycles. The molecular weight excluding hydrogens is 379 g/mol. The summed E-state index contributed by atoms with van der Waals surface area (Å²) in [7, 11) is 3.39. The molecule has 0 aliphatic rings. The van der Waals surface area contributed by atoms with E-state index in [1.807, 2.05) is 75.5 Å². The van der Waals surface area contributed by atoms with Gasteiger partial charge in [0.05, 0.1) is 14.2 Å². The van der Waals surface area contributed by atoms with Crippen LogP contribution in [0.4, 0.5) is 10.1 Å². The van der Waals surface area contributed by atoms with Crippen LogP contribution in [0.1, 0.15) is 28.3 Å². The van der Waals surface area contributed by atoms with Crippen LogP contribution in [0.2, 0.25) is 0 Å². The minimum Gasteiger partial charge on any atom is -0.494 e. The van der Waals surface area contributed by atoms with Crippen LogP contribution < -0.4 is 15.0 Å². The van der Waals surface area contributed by atoms with Gasteiger partial charge in [-0.3, -0.25) is 4.79 Å². The number of nitrogens with one attached hydrogen (secondary N) is 2. The second-order valence-electron chi connectivity index (χ2n) is 7.64. The first-order chi connectivity index (χ1) is 14.4. The maximum Gasteiger partial charge on any atom is 0.287 e. The van der Waals surface area contributed by atoms with Crippen LogP contribution in [0, 0.1) is 19.7 Å². The van der Waals surface area contributed by atoms with Crippen molar-refractivity contribution in [1.29, 1.82) is 0 Å². The largest absolute Gasteiger partial charge is 0.494 e. The summed E-state index contributed by atoms with van der Waals surface area (Å²) in [6.45, 7) is 4.46. The molecule has 4 nitrogen and oxygen atoms in total. The number of carbonyl (C=O) groups excluding carboxylic acids is 1. The number of anilines is 1. The molecule has 1 amide bonds. The monoisotopic (exact) mass is 407 g/mol. The smallest absolute Gasteiger partial charge is 0.287 e. The molecule has 3 aromatic carbocycles. The predicted octanol–water partition coefficient (Wildman–Crippen LogP) is 3.85. The van der Waals surface area contributed by atoms with E-state index in [1.165, 1.54) is 13.2 Å². The van der Waals surface area contributed by atoms with Crippen molar-refractivity contribution >= 4 is 11.6 Å². The quantitative estimate of drug-likeness (QED) is 0.625.